The monoisotopic (exact) mass is 179 g/mol. The fourth-order valence-electron chi connectivity index (χ4n) is 1.82. The standard InChI is InChI=1S/C10H17N3/c1-3-4-7-8(10(2)5-6-10)12-13-9(7)11/h3-6H2,1-2H3,(H3,11,12,13). The molecule has 1 aromatic heterocycles. The van der Waals surface area contributed by atoms with Crippen molar-refractivity contribution in [3.05, 3.63) is 11.3 Å². The average Bonchev–Trinajstić information content (AvgIpc) is 2.72. The maximum atomic E-state index is 5.81. The van der Waals surface area contributed by atoms with E-state index in [1.165, 1.54) is 24.1 Å². The zero-order valence-corrected chi connectivity index (χ0v) is 8.35. The Hall–Kier alpha value is -0.990. The molecule has 0 atom stereocenters. The Bertz CT molecular complexity index is 310. The molecule has 1 fully saturated rings. The fraction of sp³-hybridized carbons (Fsp3) is 0.700. The molecule has 0 aromatic carbocycles. The SMILES string of the molecule is CCCc1c(N)n[nH]c1C1(C)CC1. The minimum Gasteiger partial charge on any atom is -0.382 e. The molecule has 0 amide bonds. The maximum absolute atomic E-state index is 5.81. The Morgan fingerprint density at radius 3 is 2.77 bits per heavy atom. The molecular weight excluding hydrogens is 162 g/mol. The zero-order chi connectivity index (χ0) is 9.47. The van der Waals surface area contributed by atoms with Crippen LogP contribution in [-0.2, 0) is 11.8 Å². The maximum Gasteiger partial charge on any atom is 0.148 e. The molecule has 3 nitrogen and oxygen atoms in total. The fourth-order valence-corrected chi connectivity index (χ4v) is 1.82. The molecule has 0 bridgehead atoms. The lowest BCUT2D eigenvalue weighted by Gasteiger charge is -2.08. The first-order valence-corrected chi connectivity index (χ1v) is 5.00. The average molecular weight is 179 g/mol. The third-order valence-corrected chi connectivity index (χ3v) is 3.00. The van der Waals surface area contributed by atoms with Gasteiger partial charge in [0.15, 0.2) is 0 Å². The van der Waals surface area contributed by atoms with E-state index in [4.69, 9.17) is 5.73 Å². The number of nitrogens with two attached hydrogens (primary N) is 1. The van der Waals surface area contributed by atoms with Crippen LogP contribution in [0.2, 0.25) is 0 Å². The summed E-state index contributed by atoms with van der Waals surface area (Å²) in [4.78, 5) is 0. The number of hydrogen-bond donors (Lipinski definition) is 2. The highest BCUT2D eigenvalue weighted by atomic mass is 15.2. The Morgan fingerprint density at radius 2 is 2.23 bits per heavy atom. The Kier molecular flexibility index (Phi) is 1.82. The first-order chi connectivity index (χ1) is 6.17. The second-order valence-electron chi connectivity index (χ2n) is 4.27. The van der Waals surface area contributed by atoms with Gasteiger partial charge in [-0.25, -0.2) is 0 Å². The quantitative estimate of drug-likeness (QED) is 0.745. The Balaban J connectivity index is 2.34. The molecule has 13 heavy (non-hydrogen) atoms. The minimum absolute atomic E-state index is 0.356. The van der Waals surface area contributed by atoms with Crippen LogP contribution < -0.4 is 5.73 Å². The lowest BCUT2D eigenvalue weighted by molar-refractivity contribution is 0.724. The Morgan fingerprint density at radius 1 is 1.54 bits per heavy atom. The molecule has 0 aliphatic heterocycles. The van der Waals surface area contributed by atoms with Crippen LogP contribution >= 0.6 is 0 Å². The summed E-state index contributed by atoms with van der Waals surface area (Å²) in [5.74, 6) is 0.699. The van der Waals surface area contributed by atoms with Crippen molar-refractivity contribution >= 4 is 5.82 Å². The van der Waals surface area contributed by atoms with Crippen LogP contribution in [-0.4, -0.2) is 10.2 Å². The van der Waals surface area contributed by atoms with Crippen molar-refractivity contribution in [3.63, 3.8) is 0 Å². The van der Waals surface area contributed by atoms with Crippen LogP contribution in [0.1, 0.15) is 44.4 Å². The zero-order valence-electron chi connectivity index (χ0n) is 8.35. The van der Waals surface area contributed by atoms with Crippen LogP contribution in [0.15, 0.2) is 0 Å². The highest BCUT2D eigenvalue weighted by Gasteiger charge is 2.42. The predicted octanol–water partition coefficient (Wildman–Crippen LogP) is 2.00. The van der Waals surface area contributed by atoms with Gasteiger partial charge in [0.05, 0.1) is 0 Å². The molecule has 3 heteroatoms. The lowest BCUT2D eigenvalue weighted by Crippen LogP contribution is -2.05. The van der Waals surface area contributed by atoms with Crippen LogP contribution in [0, 0.1) is 0 Å². The van der Waals surface area contributed by atoms with E-state index < -0.39 is 0 Å². The van der Waals surface area contributed by atoms with Gasteiger partial charge in [-0.3, -0.25) is 5.10 Å². The predicted molar refractivity (Wildman–Crippen MR) is 53.6 cm³/mol. The number of nitrogens with one attached hydrogen (secondary N) is 1. The van der Waals surface area contributed by atoms with Crippen molar-refractivity contribution in [3.8, 4) is 0 Å². The van der Waals surface area contributed by atoms with Crippen molar-refractivity contribution < 1.29 is 0 Å². The number of H-pyrrole nitrogens is 1. The van der Waals surface area contributed by atoms with Crippen LogP contribution in [0.5, 0.6) is 0 Å². The largest absolute Gasteiger partial charge is 0.382 e. The van der Waals surface area contributed by atoms with Gasteiger partial charge in [-0.2, -0.15) is 5.10 Å². The number of nitrogen functional groups attached to an aromatic ring is 1. The van der Waals surface area contributed by atoms with Gasteiger partial charge in [0.2, 0.25) is 0 Å². The van der Waals surface area contributed by atoms with Gasteiger partial charge in [-0.05, 0) is 19.3 Å². The molecule has 72 valence electrons. The van der Waals surface area contributed by atoms with Gasteiger partial charge >= 0.3 is 0 Å². The summed E-state index contributed by atoms with van der Waals surface area (Å²) in [5.41, 5.74) is 8.70. The summed E-state index contributed by atoms with van der Waals surface area (Å²) >= 11 is 0. The summed E-state index contributed by atoms with van der Waals surface area (Å²) in [6, 6.07) is 0. The second-order valence-corrected chi connectivity index (χ2v) is 4.27. The van der Waals surface area contributed by atoms with Crippen molar-refractivity contribution in [2.24, 2.45) is 0 Å². The molecule has 0 unspecified atom stereocenters. The van der Waals surface area contributed by atoms with Crippen molar-refractivity contribution in [1.29, 1.82) is 0 Å². The van der Waals surface area contributed by atoms with Gasteiger partial charge in [0.1, 0.15) is 5.82 Å². The third-order valence-electron chi connectivity index (χ3n) is 3.00. The number of rotatable bonds is 3. The minimum atomic E-state index is 0.356. The summed E-state index contributed by atoms with van der Waals surface area (Å²) < 4.78 is 0. The van der Waals surface area contributed by atoms with E-state index in [-0.39, 0.29) is 0 Å². The smallest absolute Gasteiger partial charge is 0.148 e. The summed E-state index contributed by atoms with van der Waals surface area (Å²) in [5, 5.41) is 7.18. The normalized spacial score (nSPS) is 18.9. The summed E-state index contributed by atoms with van der Waals surface area (Å²) in [6.45, 7) is 4.45. The molecule has 1 saturated carbocycles. The van der Waals surface area contributed by atoms with Crippen LogP contribution in [0.3, 0.4) is 0 Å². The molecule has 0 saturated heterocycles. The highest BCUT2D eigenvalue weighted by Crippen LogP contribution is 2.48. The number of anilines is 1. The van der Waals surface area contributed by atoms with E-state index in [1.807, 2.05) is 0 Å². The number of aromatic nitrogens is 2. The number of hydrogen-bond acceptors (Lipinski definition) is 2. The van der Waals surface area contributed by atoms with E-state index in [9.17, 15) is 0 Å². The van der Waals surface area contributed by atoms with Gasteiger partial charge in [-0.1, -0.05) is 20.3 Å². The third kappa shape index (κ3) is 1.32. The lowest BCUT2D eigenvalue weighted by atomic mass is 9.98. The number of aromatic amines is 1. The molecule has 1 aliphatic carbocycles. The van der Waals surface area contributed by atoms with Crippen molar-refractivity contribution in [2.45, 2.75) is 44.9 Å². The summed E-state index contributed by atoms with van der Waals surface area (Å²) in [7, 11) is 0. The Labute approximate surface area is 78.7 Å². The van der Waals surface area contributed by atoms with E-state index in [0.29, 0.717) is 11.2 Å². The first kappa shape index (κ1) is 8.60. The van der Waals surface area contributed by atoms with E-state index in [2.05, 4.69) is 24.0 Å². The molecule has 1 aliphatic rings. The topological polar surface area (TPSA) is 54.7 Å². The first-order valence-electron chi connectivity index (χ1n) is 5.00. The molecular formula is C10H17N3. The van der Waals surface area contributed by atoms with E-state index in [0.717, 1.165) is 12.8 Å². The van der Waals surface area contributed by atoms with E-state index in [1.54, 1.807) is 0 Å². The molecule has 0 spiro atoms. The number of nitrogens with zero attached hydrogens (tertiary/aromatic N) is 1. The molecule has 3 N–H and O–H groups in total. The molecule has 0 radical (unpaired) electrons. The van der Waals surface area contributed by atoms with Gasteiger partial charge in [0, 0.05) is 16.7 Å². The van der Waals surface area contributed by atoms with Crippen LogP contribution in [0.25, 0.3) is 0 Å². The van der Waals surface area contributed by atoms with Crippen molar-refractivity contribution in [1.82, 2.24) is 10.2 Å². The van der Waals surface area contributed by atoms with Gasteiger partial charge < -0.3 is 5.73 Å². The van der Waals surface area contributed by atoms with Gasteiger partial charge in [-0.15, -0.1) is 0 Å². The van der Waals surface area contributed by atoms with E-state index >= 15 is 0 Å². The highest BCUT2D eigenvalue weighted by molar-refractivity contribution is 5.46. The van der Waals surface area contributed by atoms with Crippen molar-refractivity contribution in [2.75, 3.05) is 5.73 Å². The molecule has 2 rings (SSSR count). The molecule has 1 aromatic rings. The molecule has 1 heterocycles. The van der Waals surface area contributed by atoms with Gasteiger partial charge in [0.25, 0.3) is 0 Å². The summed E-state index contributed by atoms with van der Waals surface area (Å²) in [6.07, 6.45) is 4.72. The van der Waals surface area contributed by atoms with Crippen LogP contribution in [0.4, 0.5) is 5.82 Å². The second kappa shape index (κ2) is 2.76.